The van der Waals surface area contributed by atoms with Crippen LogP contribution in [0.4, 0.5) is 4.39 Å². The van der Waals surface area contributed by atoms with Crippen LogP contribution in [0.15, 0.2) is 54.6 Å². The zero-order valence-electron chi connectivity index (χ0n) is 10.5. The maximum absolute atomic E-state index is 13.0. The summed E-state index contributed by atoms with van der Waals surface area (Å²) in [7, 11) is 1.60. The number of benzene rings is 2. The first kappa shape index (κ1) is 13.0. The topological polar surface area (TPSA) is 26.3 Å². The molecule has 19 heavy (non-hydrogen) atoms. The number of hydrogen-bond donors (Lipinski definition) is 0. The maximum atomic E-state index is 13.0. The summed E-state index contributed by atoms with van der Waals surface area (Å²) >= 11 is 0. The largest absolute Gasteiger partial charge is 0.497 e. The van der Waals surface area contributed by atoms with E-state index in [0.717, 1.165) is 11.3 Å². The van der Waals surface area contributed by atoms with Crippen molar-refractivity contribution in [2.75, 3.05) is 7.11 Å². The van der Waals surface area contributed by atoms with Gasteiger partial charge in [0.05, 0.1) is 7.11 Å². The lowest BCUT2D eigenvalue weighted by Crippen LogP contribution is -1.94. The second-order valence-electron chi connectivity index (χ2n) is 3.98. The molecule has 3 heteroatoms. The fourth-order valence-electron chi connectivity index (χ4n) is 1.62. The first-order valence-corrected chi connectivity index (χ1v) is 5.81. The number of carbonyl (C=O) groups is 1. The fourth-order valence-corrected chi connectivity index (χ4v) is 1.62. The third kappa shape index (κ3) is 3.52. The molecule has 0 saturated carbocycles. The van der Waals surface area contributed by atoms with E-state index >= 15 is 0 Å². The van der Waals surface area contributed by atoms with Gasteiger partial charge in [0, 0.05) is 5.56 Å². The lowest BCUT2D eigenvalue weighted by Gasteiger charge is -1.99. The predicted molar refractivity (Wildman–Crippen MR) is 72.8 cm³/mol. The van der Waals surface area contributed by atoms with Crippen molar-refractivity contribution in [3.8, 4) is 5.75 Å². The summed E-state index contributed by atoms with van der Waals surface area (Å²) in [6, 6.07) is 12.9. The average Bonchev–Trinajstić information content (AvgIpc) is 2.45. The molecule has 0 bridgehead atoms. The molecule has 0 unspecified atom stereocenters. The van der Waals surface area contributed by atoms with Crippen molar-refractivity contribution in [3.63, 3.8) is 0 Å². The van der Waals surface area contributed by atoms with Gasteiger partial charge in [-0.2, -0.15) is 0 Å². The Bertz CT molecular complexity index is 600. The summed E-state index contributed by atoms with van der Waals surface area (Å²) in [5, 5.41) is 0. The van der Waals surface area contributed by atoms with Gasteiger partial charge in [0.25, 0.3) is 0 Å². The van der Waals surface area contributed by atoms with Crippen molar-refractivity contribution < 1.29 is 13.9 Å². The van der Waals surface area contributed by atoms with Gasteiger partial charge in [0.1, 0.15) is 11.6 Å². The molecule has 0 N–H and O–H groups in total. The summed E-state index contributed by atoms with van der Waals surface area (Å²) in [5.74, 6) is 0.118. The van der Waals surface area contributed by atoms with Crippen LogP contribution in [0.5, 0.6) is 5.75 Å². The predicted octanol–water partition coefficient (Wildman–Crippen LogP) is 3.73. The SMILES string of the molecule is COc1ccc(C=CC(=O)c2cccc(F)c2)cc1. The average molecular weight is 256 g/mol. The molecule has 2 aromatic carbocycles. The fraction of sp³-hybridized carbons (Fsp3) is 0.0625. The normalized spacial score (nSPS) is 10.6. The van der Waals surface area contributed by atoms with Crippen molar-refractivity contribution in [2.45, 2.75) is 0 Å². The van der Waals surface area contributed by atoms with E-state index in [-0.39, 0.29) is 5.78 Å². The molecule has 0 aliphatic carbocycles. The lowest BCUT2D eigenvalue weighted by atomic mass is 10.1. The van der Waals surface area contributed by atoms with E-state index in [2.05, 4.69) is 0 Å². The number of carbonyl (C=O) groups excluding carboxylic acids is 1. The first-order valence-electron chi connectivity index (χ1n) is 5.81. The third-order valence-corrected chi connectivity index (χ3v) is 2.65. The van der Waals surface area contributed by atoms with Crippen LogP contribution < -0.4 is 4.74 Å². The Kier molecular flexibility index (Phi) is 4.08. The van der Waals surface area contributed by atoms with Gasteiger partial charge in [-0.05, 0) is 35.9 Å². The molecule has 0 saturated heterocycles. The Labute approximate surface area is 111 Å². The molecule has 2 rings (SSSR count). The Morgan fingerprint density at radius 3 is 2.53 bits per heavy atom. The quantitative estimate of drug-likeness (QED) is 0.615. The lowest BCUT2D eigenvalue weighted by molar-refractivity contribution is 0.104. The molecule has 0 spiro atoms. The van der Waals surface area contributed by atoms with Crippen LogP contribution in [0.2, 0.25) is 0 Å². The minimum Gasteiger partial charge on any atom is -0.497 e. The Balaban J connectivity index is 2.11. The number of methoxy groups -OCH3 is 1. The van der Waals surface area contributed by atoms with Gasteiger partial charge in [0.15, 0.2) is 5.78 Å². The van der Waals surface area contributed by atoms with Crippen molar-refractivity contribution in [3.05, 3.63) is 71.6 Å². The number of ketones is 1. The first-order chi connectivity index (χ1) is 9.19. The minimum absolute atomic E-state index is 0.227. The Morgan fingerprint density at radius 1 is 1.16 bits per heavy atom. The zero-order valence-corrected chi connectivity index (χ0v) is 10.5. The van der Waals surface area contributed by atoms with Crippen molar-refractivity contribution in [1.82, 2.24) is 0 Å². The highest BCUT2D eigenvalue weighted by Crippen LogP contribution is 2.13. The van der Waals surface area contributed by atoms with E-state index in [1.165, 1.54) is 24.3 Å². The molecule has 2 aromatic rings. The van der Waals surface area contributed by atoms with Crippen LogP contribution in [0.3, 0.4) is 0 Å². The van der Waals surface area contributed by atoms with E-state index in [1.54, 1.807) is 19.3 Å². The van der Waals surface area contributed by atoms with Gasteiger partial charge in [-0.25, -0.2) is 4.39 Å². The van der Waals surface area contributed by atoms with Crippen LogP contribution in [-0.4, -0.2) is 12.9 Å². The third-order valence-electron chi connectivity index (χ3n) is 2.65. The molecule has 2 nitrogen and oxygen atoms in total. The van der Waals surface area contributed by atoms with Crippen LogP contribution in [-0.2, 0) is 0 Å². The smallest absolute Gasteiger partial charge is 0.185 e. The highest BCUT2D eigenvalue weighted by molar-refractivity contribution is 6.06. The molecular formula is C16H13FO2. The standard InChI is InChI=1S/C16H13FO2/c1-19-15-8-5-12(6-9-15)7-10-16(18)13-3-2-4-14(17)11-13/h2-11H,1H3. The monoisotopic (exact) mass is 256 g/mol. The highest BCUT2D eigenvalue weighted by atomic mass is 19.1. The van der Waals surface area contributed by atoms with Gasteiger partial charge >= 0.3 is 0 Å². The molecule has 0 aromatic heterocycles. The summed E-state index contributed by atoms with van der Waals surface area (Å²) in [5.41, 5.74) is 1.22. The zero-order chi connectivity index (χ0) is 13.7. The number of ether oxygens (including phenoxy) is 1. The maximum Gasteiger partial charge on any atom is 0.185 e. The number of halogens is 1. The molecule has 0 atom stereocenters. The van der Waals surface area contributed by atoms with Gasteiger partial charge in [-0.15, -0.1) is 0 Å². The van der Waals surface area contributed by atoms with E-state index < -0.39 is 5.82 Å². The second kappa shape index (κ2) is 5.96. The summed E-state index contributed by atoms with van der Waals surface area (Å²) < 4.78 is 18.0. The van der Waals surface area contributed by atoms with Crippen molar-refractivity contribution >= 4 is 11.9 Å². The van der Waals surface area contributed by atoms with E-state index in [9.17, 15) is 9.18 Å². The summed E-state index contributed by atoms with van der Waals surface area (Å²) in [4.78, 5) is 11.8. The van der Waals surface area contributed by atoms with Gasteiger partial charge < -0.3 is 4.74 Å². The van der Waals surface area contributed by atoms with E-state index in [4.69, 9.17) is 4.74 Å². The van der Waals surface area contributed by atoms with Crippen molar-refractivity contribution in [1.29, 1.82) is 0 Å². The summed E-state index contributed by atoms with van der Waals surface area (Å²) in [6.45, 7) is 0. The molecule has 0 fully saturated rings. The molecule has 0 radical (unpaired) electrons. The molecular weight excluding hydrogens is 243 g/mol. The highest BCUT2D eigenvalue weighted by Gasteiger charge is 2.02. The number of rotatable bonds is 4. The molecule has 0 aliphatic rings. The van der Waals surface area contributed by atoms with Gasteiger partial charge in [0.2, 0.25) is 0 Å². The van der Waals surface area contributed by atoms with Crippen LogP contribution in [0.1, 0.15) is 15.9 Å². The molecule has 0 amide bonds. The number of hydrogen-bond acceptors (Lipinski definition) is 2. The molecule has 0 heterocycles. The van der Waals surface area contributed by atoms with Crippen LogP contribution in [0.25, 0.3) is 6.08 Å². The second-order valence-corrected chi connectivity index (χ2v) is 3.98. The minimum atomic E-state index is -0.413. The Morgan fingerprint density at radius 2 is 1.89 bits per heavy atom. The van der Waals surface area contributed by atoms with E-state index in [0.29, 0.717) is 5.56 Å². The van der Waals surface area contributed by atoms with Gasteiger partial charge in [-0.1, -0.05) is 30.3 Å². The van der Waals surface area contributed by atoms with Gasteiger partial charge in [-0.3, -0.25) is 4.79 Å². The van der Waals surface area contributed by atoms with Crippen LogP contribution >= 0.6 is 0 Å². The van der Waals surface area contributed by atoms with E-state index in [1.807, 2.05) is 24.3 Å². The number of allylic oxidation sites excluding steroid dienone is 1. The van der Waals surface area contributed by atoms with Crippen molar-refractivity contribution in [2.24, 2.45) is 0 Å². The Hall–Kier alpha value is -2.42. The molecule has 0 aliphatic heterocycles. The van der Waals surface area contributed by atoms with Crippen LogP contribution in [0, 0.1) is 5.82 Å². The molecule has 96 valence electrons. The summed E-state index contributed by atoms with van der Waals surface area (Å²) in [6.07, 6.45) is 3.11.